The molecule has 1 aliphatic rings. The zero-order valence-electron chi connectivity index (χ0n) is 13.0. The molecular formula is C16H20Cl2FN3O. The van der Waals surface area contributed by atoms with Crippen LogP contribution in [0.3, 0.4) is 0 Å². The van der Waals surface area contributed by atoms with Gasteiger partial charge in [-0.1, -0.05) is 0 Å². The Hall–Kier alpha value is -1.43. The zero-order valence-corrected chi connectivity index (χ0v) is 14.6. The molecule has 2 heterocycles. The Labute approximate surface area is 147 Å². The molecular weight excluding hydrogens is 340 g/mol. The summed E-state index contributed by atoms with van der Waals surface area (Å²) in [5.41, 5.74) is 1.82. The van der Waals surface area contributed by atoms with E-state index in [1.807, 2.05) is 17.9 Å². The average molecular weight is 360 g/mol. The molecule has 126 valence electrons. The Kier molecular flexibility index (Phi) is 6.74. The summed E-state index contributed by atoms with van der Waals surface area (Å²) in [5.74, 6) is -0.315. The summed E-state index contributed by atoms with van der Waals surface area (Å²) in [6, 6.07) is 6.42. The number of hydrogen-bond donors (Lipinski definition) is 1. The van der Waals surface area contributed by atoms with Crippen molar-refractivity contribution in [3.63, 3.8) is 0 Å². The molecule has 2 aromatic rings. The fourth-order valence-corrected chi connectivity index (χ4v) is 2.75. The van der Waals surface area contributed by atoms with Crippen molar-refractivity contribution >= 4 is 41.6 Å². The largest absolute Gasteiger partial charge is 0.333 e. The Balaban J connectivity index is 0.00000132. The van der Waals surface area contributed by atoms with Gasteiger partial charge in [0.25, 0.3) is 5.91 Å². The van der Waals surface area contributed by atoms with Gasteiger partial charge in [0.1, 0.15) is 5.82 Å². The van der Waals surface area contributed by atoms with Gasteiger partial charge >= 0.3 is 0 Å². The lowest BCUT2D eigenvalue weighted by molar-refractivity contribution is 0.0654. The number of amides is 1. The average Bonchev–Trinajstić information content (AvgIpc) is 2.46. The van der Waals surface area contributed by atoms with Gasteiger partial charge in [0.2, 0.25) is 0 Å². The summed E-state index contributed by atoms with van der Waals surface area (Å²) < 4.78 is 13.2. The number of aromatic nitrogens is 1. The Morgan fingerprint density at radius 3 is 2.78 bits per heavy atom. The summed E-state index contributed by atoms with van der Waals surface area (Å²) in [7, 11) is 0. The maximum absolute atomic E-state index is 13.2. The van der Waals surface area contributed by atoms with Crippen LogP contribution in [0.2, 0.25) is 0 Å². The van der Waals surface area contributed by atoms with Crippen molar-refractivity contribution < 1.29 is 9.18 Å². The van der Waals surface area contributed by atoms with E-state index in [-0.39, 0.29) is 42.6 Å². The summed E-state index contributed by atoms with van der Waals surface area (Å²) in [5, 5.41) is 4.06. The van der Waals surface area contributed by atoms with Crippen molar-refractivity contribution in [2.24, 2.45) is 0 Å². The van der Waals surface area contributed by atoms with E-state index < -0.39 is 0 Å². The van der Waals surface area contributed by atoms with Gasteiger partial charge in [0.05, 0.1) is 16.8 Å². The molecule has 0 aliphatic carbocycles. The third-order valence-electron chi connectivity index (χ3n) is 3.96. The van der Waals surface area contributed by atoms with Crippen LogP contribution >= 0.6 is 24.8 Å². The smallest absolute Gasteiger partial charge is 0.256 e. The number of rotatable bonds is 1. The molecule has 1 saturated heterocycles. The monoisotopic (exact) mass is 359 g/mol. The lowest BCUT2D eigenvalue weighted by Crippen LogP contribution is -2.52. The van der Waals surface area contributed by atoms with Crippen molar-refractivity contribution in [3.8, 4) is 0 Å². The molecule has 0 bridgehead atoms. The van der Waals surface area contributed by atoms with E-state index in [0.717, 1.165) is 18.5 Å². The fraction of sp³-hybridized carbons (Fsp3) is 0.375. The van der Waals surface area contributed by atoms with Gasteiger partial charge in [0, 0.05) is 37.1 Å². The number of piperazine rings is 1. The number of halogens is 3. The lowest BCUT2D eigenvalue weighted by Gasteiger charge is -2.34. The first kappa shape index (κ1) is 19.6. The van der Waals surface area contributed by atoms with Crippen LogP contribution < -0.4 is 5.32 Å². The minimum Gasteiger partial charge on any atom is -0.333 e. The number of carbonyl (C=O) groups is 1. The molecule has 1 aromatic carbocycles. The van der Waals surface area contributed by atoms with E-state index in [1.165, 1.54) is 12.1 Å². The van der Waals surface area contributed by atoms with E-state index in [1.54, 1.807) is 13.0 Å². The van der Waals surface area contributed by atoms with Gasteiger partial charge in [-0.25, -0.2) is 4.39 Å². The van der Waals surface area contributed by atoms with E-state index in [9.17, 15) is 9.18 Å². The van der Waals surface area contributed by atoms with E-state index in [2.05, 4.69) is 10.3 Å². The van der Waals surface area contributed by atoms with Gasteiger partial charge in [-0.2, -0.15) is 0 Å². The van der Waals surface area contributed by atoms with Crippen LogP contribution in [-0.2, 0) is 0 Å². The Bertz CT molecular complexity index is 711. The van der Waals surface area contributed by atoms with Gasteiger partial charge in [-0.05, 0) is 32.0 Å². The number of hydrogen-bond acceptors (Lipinski definition) is 3. The number of benzene rings is 1. The molecule has 1 N–H and O–H groups in total. The molecule has 1 aromatic heterocycles. The molecule has 7 heteroatoms. The Morgan fingerprint density at radius 1 is 1.35 bits per heavy atom. The molecule has 1 amide bonds. The number of pyridine rings is 1. The first-order valence-electron chi connectivity index (χ1n) is 7.15. The molecule has 0 unspecified atom stereocenters. The van der Waals surface area contributed by atoms with Crippen molar-refractivity contribution in [1.29, 1.82) is 0 Å². The highest BCUT2D eigenvalue weighted by atomic mass is 35.5. The minimum atomic E-state index is -0.316. The quantitative estimate of drug-likeness (QED) is 0.851. The molecule has 0 saturated carbocycles. The SMILES string of the molecule is Cc1nc2cc(F)ccc2cc1C(=O)N1CCNC[C@H]1C.Cl.Cl. The van der Waals surface area contributed by atoms with Gasteiger partial charge < -0.3 is 10.2 Å². The molecule has 23 heavy (non-hydrogen) atoms. The van der Waals surface area contributed by atoms with Crippen LogP contribution in [0.5, 0.6) is 0 Å². The molecule has 4 nitrogen and oxygen atoms in total. The number of aryl methyl sites for hydroxylation is 1. The normalized spacial score (nSPS) is 17.3. The summed E-state index contributed by atoms with van der Waals surface area (Å²) in [4.78, 5) is 19.0. The van der Waals surface area contributed by atoms with Crippen LogP contribution in [0, 0.1) is 12.7 Å². The third kappa shape index (κ3) is 3.91. The topological polar surface area (TPSA) is 45.2 Å². The molecule has 1 fully saturated rings. The van der Waals surface area contributed by atoms with Crippen molar-refractivity contribution in [3.05, 3.63) is 41.3 Å². The Morgan fingerprint density at radius 2 is 2.09 bits per heavy atom. The van der Waals surface area contributed by atoms with Crippen LogP contribution in [0.15, 0.2) is 24.3 Å². The van der Waals surface area contributed by atoms with Crippen LogP contribution in [-0.4, -0.2) is 41.5 Å². The predicted octanol–water partition coefficient (Wildman–Crippen LogP) is 2.96. The number of nitrogens with one attached hydrogen (secondary N) is 1. The number of carbonyl (C=O) groups excluding carboxylic acids is 1. The predicted molar refractivity (Wildman–Crippen MR) is 94.3 cm³/mol. The van der Waals surface area contributed by atoms with E-state index >= 15 is 0 Å². The standard InChI is InChI=1S/C16H18FN3O.2ClH/c1-10-9-18-5-6-20(10)16(21)14-7-12-3-4-13(17)8-15(12)19-11(14)2;;/h3-4,7-8,10,18H,5-6,9H2,1-2H3;2*1H/t10-;;/m1../s1. The van der Waals surface area contributed by atoms with Crippen molar-refractivity contribution in [2.75, 3.05) is 19.6 Å². The molecule has 0 spiro atoms. The van der Waals surface area contributed by atoms with E-state index in [4.69, 9.17) is 0 Å². The van der Waals surface area contributed by atoms with Gasteiger partial charge in [0.15, 0.2) is 0 Å². The maximum Gasteiger partial charge on any atom is 0.256 e. The number of fused-ring (bicyclic) bond motifs is 1. The second-order valence-electron chi connectivity index (χ2n) is 5.51. The summed E-state index contributed by atoms with van der Waals surface area (Å²) in [6.07, 6.45) is 0. The van der Waals surface area contributed by atoms with Gasteiger partial charge in [-0.3, -0.25) is 9.78 Å². The van der Waals surface area contributed by atoms with E-state index in [0.29, 0.717) is 23.3 Å². The molecule has 1 aliphatic heterocycles. The fourth-order valence-electron chi connectivity index (χ4n) is 2.75. The summed E-state index contributed by atoms with van der Waals surface area (Å²) in [6.45, 7) is 6.13. The van der Waals surface area contributed by atoms with Gasteiger partial charge in [-0.15, -0.1) is 24.8 Å². The highest BCUT2D eigenvalue weighted by Crippen LogP contribution is 2.20. The highest BCUT2D eigenvalue weighted by molar-refractivity contribution is 5.98. The first-order chi connectivity index (χ1) is 10.1. The second kappa shape index (κ2) is 7.90. The molecule has 0 radical (unpaired) electrons. The number of nitrogens with zero attached hydrogens (tertiary/aromatic N) is 2. The van der Waals surface area contributed by atoms with Crippen molar-refractivity contribution in [1.82, 2.24) is 15.2 Å². The maximum atomic E-state index is 13.2. The minimum absolute atomic E-state index is 0. The highest BCUT2D eigenvalue weighted by Gasteiger charge is 2.25. The lowest BCUT2D eigenvalue weighted by atomic mass is 10.1. The van der Waals surface area contributed by atoms with Crippen LogP contribution in [0.1, 0.15) is 23.0 Å². The third-order valence-corrected chi connectivity index (χ3v) is 3.96. The zero-order chi connectivity index (χ0) is 15.0. The summed E-state index contributed by atoms with van der Waals surface area (Å²) >= 11 is 0. The molecule has 1 atom stereocenters. The van der Waals surface area contributed by atoms with Crippen molar-refractivity contribution in [2.45, 2.75) is 19.9 Å². The first-order valence-corrected chi connectivity index (χ1v) is 7.15. The van der Waals surface area contributed by atoms with Crippen LogP contribution in [0.4, 0.5) is 4.39 Å². The second-order valence-corrected chi connectivity index (χ2v) is 5.51. The molecule has 3 rings (SSSR count). The van der Waals surface area contributed by atoms with Crippen LogP contribution in [0.25, 0.3) is 10.9 Å².